The molecule has 0 unspecified atom stereocenters. The van der Waals surface area contributed by atoms with E-state index >= 15 is 0 Å². The molecule has 4 heteroatoms. The van der Waals surface area contributed by atoms with Crippen LogP contribution >= 0.6 is 0 Å². The second kappa shape index (κ2) is 4.16. The van der Waals surface area contributed by atoms with E-state index in [1.54, 1.807) is 13.3 Å². The van der Waals surface area contributed by atoms with Gasteiger partial charge in [0.1, 0.15) is 11.4 Å². The Morgan fingerprint density at radius 3 is 2.87 bits per heavy atom. The number of aromatic nitrogens is 1. The second-order valence-corrected chi connectivity index (χ2v) is 3.82. The molecule has 0 radical (unpaired) electrons. The lowest BCUT2D eigenvalue weighted by Crippen LogP contribution is -2.43. The largest absolute Gasteiger partial charge is 0.495 e. The third-order valence-corrected chi connectivity index (χ3v) is 2.85. The maximum atomic E-state index is 6.33. The second-order valence-electron chi connectivity index (χ2n) is 3.82. The number of hydrogen-bond acceptors (Lipinski definition) is 4. The monoisotopic (exact) mass is 208 g/mol. The van der Waals surface area contributed by atoms with Crippen molar-refractivity contribution in [2.24, 2.45) is 5.73 Å². The summed E-state index contributed by atoms with van der Waals surface area (Å²) < 4.78 is 10.6. The molecule has 1 saturated heterocycles. The molecule has 0 aromatic carbocycles. The van der Waals surface area contributed by atoms with E-state index in [-0.39, 0.29) is 0 Å². The lowest BCUT2D eigenvalue weighted by atomic mass is 9.87. The van der Waals surface area contributed by atoms with Gasteiger partial charge in [-0.25, -0.2) is 0 Å². The van der Waals surface area contributed by atoms with E-state index in [1.807, 2.05) is 12.1 Å². The third kappa shape index (κ3) is 1.96. The molecular formula is C11H16N2O2. The average molecular weight is 208 g/mol. The fourth-order valence-electron chi connectivity index (χ4n) is 1.90. The molecule has 2 heterocycles. The van der Waals surface area contributed by atoms with Crippen LogP contribution in [0.3, 0.4) is 0 Å². The number of hydrogen-bond donors (Lipinski definition) is 1. The van der Waals surface area contributed by atoms with Gasteiger partial charge in [-0.3, -0.25) is 4.98 Å². The zero-order valence-corrected chi connectivity index (χ0v) is 8.90. The number of methoxy groups -OCH3 is 1. The molecule has 15 heavy (non-hydrogen) atoms. The maximum absolute atomic E-state index is 6.33. The van der Waals surface area contributed by atoms with Gasteiger partial charge >= 0.3 is 0 Å². The van der Waals surface area contributed by atoms with Crippen LogP contribution in [-0.2, 0) is 10.3 Å². The van der Waals surface area contributed by atoms with Gasteiger partial charge in [-0.05, 0) is 25.0 Å². The first-order valence-corrected chi connectivity index (χ1v) is 5.12. The molecule has 82 valence electrons. The van der Waals surface area contributed by atoms with E-state index in [9.17, 15) is 0 Å². The summed E-state index contributed by atoms with van der Waals surface area (Å²) in [6.07, 6.45) is 3.34. The van der Waals surface area contributed by atoms with Crippen LogP contribution < -0.4 is 10.5 Å². The maximum Gasteiger partial charge on any atom is 0.142 e. The smallest absolute Gasteiger partial charge is 0.142 e. The van der Waals surface area contributed by atoms with Crippen molar-refractivity contribution in [2.45, 2.75) is 18.4 Å². The first-order chi connectivity index (χ1) is 7.26. The molecule has 0 bridgehead atoms. The zero-order chi connectivity index (χ0) is 10.7. The van der Waals surface area contributed by atoms with Crippen LogP contribution in [0.5, 0.6) is 5.75 Å². The molecule has 1 aliphatic rings. The van der Waals surface area contributed by atoms with Crippen LogP contribution in [0.1, 0.15) is 18.5 Å². The normalized spacial score (nSPS) is 19.9. The molecule has 0 saturated carbocycles. The molecule has 0 spiro atoms. The predicted octanol–water partition coefficient (Wildman–Crippen LogP) is 1.05. The molecule has 0 aliphatic carbocycles. The third-order valence-electron chi connectivity index (χ3n) is 2.85. The summed E-state index contributed by atoms with van der Waals surface area (Å²) in [7, 11) is 1.64. The predicted molar refractivity (Wildman–Crippen MR) is 56.7 cm³/mol. The molecule has 2 rings (SSSR count). The molecule has 1 aromatic rings. The summed E-state index contributed by atoms with van der Waals surface area (Å²) in [5, 5.41) is 0. The van der Waals surface area contributed by atoms with Gasteiger partial charge in [0.2, 0.25) is 0 Å². The van der Waals surface area contributed by atoms with Crippen LogP contribution in [0.15, 0.2) is 18.3 Å². The molecular weight excluding hydrogens is 192 g/mol. The van der Waals surface area contributed by atoms with Gasteiger partial charge < -0.3 is 15.2 Å². The topological polar surface area (TPSA) is 57.4 Å². The summed E-state index contributed by atoms with van der Waals surface area (Å²) in [5.74, 6) is 0.766. The highest BCUT2D eigenvalue weighted by Crippen LogP contribution is 2.33. The lowest BCUT2D eigenvalue weighted by molar-refractivity contribution is 0.0499. The van der Waals surface area contributed by atoms with Crippen molar-refractivity contribution in [3.05, 3.63) is 24.0 Å². The Hall–Kier alpha value is -1.13. The molecule has 1 fully saturated rings. The Labute approximate surface area is 89.4 Å². The Morgan fingerprint density at radius 1 is 1.47 bits per heavy atom. The minimum Gasteiger partial charge on any atom is -0.495 e. The SMILES string of the molecule is COc1cccnc1C1(N)CCOCC1. The van der Waals surface area contributed by atoms with Gasteiger partial charge in [0.15, 0.2) is 0 Å². The number of nitrogens with zero attached hydrogens (tertiary/aromatic N) is 1. The Bertz CT molecular complexity index is 335. The van der Waals surface area contributed by atoms with Crippen molar-refractivity contribution in [1.82, 2.24) is 4.98 Å². The molecule has 0 atom stereocenters. The Kier molecular flexibility index (Phi) is 2.88. The summed E-state index contributed by atoms with van der Waals surface area (Å²) in [4.78, 5) is 4.34. The minimum absolute atomic E-state index is 0.398. The van der Waals surface area contributed by atoms with Crippen LogP contribution in [0.25, 0.3) is 0 Å². The lowest BCUT2D eigenvalue weighted by Gasteiger charge is -2.33. The summed E-state index contributed by atoms with van der Waals surface area (Å²) in [5.41, 5.74) is 6.78. The average Bonchev–Trinajstić information content (AvgIpc) is 2.30. The van der Waals surface area contributed by atoms with Crippen molar-refractivity contribution in [3.8, 4) is 5.75 Å². The molecule has 2 N–H and O–H groups in total. The van der Waals surface area contributed by atoms with E-state index in [0.717, 1.165) is 24.3 Å². The first-order valence-electron chi connectivity index (χ1n) is 5.12. The van der Waals surface area contributed by atoms with E-state index in [2.05, 4.69) is 4.98 Å². The van der Waals surface area contributed by atoms with Crippen LogP contribution in [0.4, 0.5) is 0 Å². The number of nitrogens with two attached hydrogens (primary N) is 1. The van der Waals surface area contributed by atoms with E-state index in [4.69, 9.17) is 15.2 Å². The highest BCUT2D eigenvalue weighted by atomic mass is 16.5. The van der Waals surface area contributed by atoms with E-state index in [1.165, 1.54) is 0 Å². The number of pyridine rings is 1. The number of ether oxygens (including phenoxy) is 2. The van der Waals surface area contributed by atoms with Gasteiger partial charge in [0, 0.05) is 19.4 Å². The standard InChI is InChI=1S/C11H16N2O2/c1-14-9-3-2-6-13-10(9)11(12)4-7-15-8-5-11/h2-3,6H,4-5,7-8,12H2,1H3. The van der Waals surface area contributed by atoms with Gasteiger partial charge in [0.05, 0.1) is 12.6 Å². The van der Waals surface area contributed by atoms with Crippen LogP contribution in [0, 0.1) is 0 Å². The summed E-state index contributed by atoms with van der Waals surface area (Å²) in [6.45, 7) is 1.38. The molecule has 1 aliphatic heterocycles. The highest BCUT2D eigenvalue weighted by Gasteiger charge is 2.33. The number of rotatable bonds is 2. The van der Waals surface area contributed by atoms with Gasteiger partial charge in [-0.2, -0.15) is 0 Å². The van der Waals surface area contributed by atoms with E-state index in [0.29, 0.717) is 13.2 Å². The first kappa shape index (κ1) is 10.4. The van der Waals surface area contributed by atoms with Crippen molar-refractivity contribution in [2.75, 3.05) is 20.3 Å². The van der Waals surface area contributed by atoms with Gasteiger partial charge in [0.25, 0.3) is 0 Å². The van der Waals surface area contributed by atoms with Gasteiger partial charge in [-0.15, -0.1) is 0 Å². The van der Waals surface area contributed by atoms with Crippen molar-refractivity contribution in [1.29, 1.82) is 0 Å². The quantitative estimate of drug-likeness (QED) is 0.789. The molecule has 1 aromatic heterocycles. The van der Waals surface area contributed by atoms with Crippen molar-refractivity contribution in [3.63, 3.8) is 0 Å². The highest BCUT2D eigenvalue weighted by molar-refractivity contribution is 5.33. The van der Waals surface area contributed by atoms with E-state index < -0.39 is 5.54 Å². The van der Waals surface area contributed by atoms with Gasteiger partial charge in [-0.1, -0.05) is 0 Å². The Balaban J connectivity index is 2.34. The zero-order valence-electron chi connectivity index (χ0n) is 8.90. The van der Waals surface area contributed by atoms with Crippen molar-refractivity contribution < 1.29 is 9.47 Å². The Morgan fingerprint density at radius 2 is 2.20 bits per heavy atom. The summed E-state index contributed by atoms with van der Waals surface area (Å²) >= 11 is 0. The van der Waals surface area contributed by atoms with Crippen LogP contribution in [-0.4, -0.2) is 25.3 Å². The van der Waals surface area contributed by atoms with Crippen molar-refractivity contribution >= 4 is 0 Å². The fourth-order valence-corrected chi connectivity index (χ4v) is 1.90. The summed E-state index contributed by atoms with van der Waals surface area (Å²) in [6, 6.07) is 3.75. The minimum atomic E-state index is -0.398. The fraction of sp³-hybridized carbons (Fsp3) is 0.545. The van der Waals surface area contributed by atoms with Crippen LogP contribution in [0.2, 0.25) is 0 Å². The molecule has 0 amide bonds. The molecule has 4 nitrogen and oxygen atoms in total.